The molecule has 4 rings (SSSR count). The van der Waals surface area contributed by atoms with Gasteiger partial charge in [-0.2, -0.15) is 0 Å². The van der Waals surface area contributed by atoms with Gasteiger partial charge in [-0.3, -0.25) is 0 Å². The largest absolute Gasteiger partial charge is 0.393 e. The minimum Gasteiger partial charge on any atom is -0.393 e. The quantitative estimate of drug-likeness (QED) is 0.375. The Morgan fingerprint density at radius 1 is 1.00 bits per heavy atom. The molecular formula is C29H46O. The minimum absolute atomic E-state index is 0.0581. The first-order chi connectivity index (χ1) is 14.0. The van der Waals surface area contributed by atoms with E-state index in [-0.39, 0.29) is 11.5 Å². The number of aliphatic hydroxyl groups is 1. The van der Waals surface area contributed by atoms with E-state index in [2.05, 4.69) is 66.4 Å². The third kappa shape index (κ3) is 3.50. The van der Waals surface area contributed by atoms with Crippen molar-refractivity contribution in [1.29, 1.82) is 0 Å². The summed E-state index contributed by atoms with van der Waals surface area (Å²) in [6.07, 6.45) is 12.5. The Labute approximate surface area is 186 Å². The molecule has 0 spiro atoms. The van der Waals surface area contributed by atoms with Crippen LogP contribution in [0.25, 0.3) is 0 Å². The zero-order valence-electron chi connectivity index (χ0n) is 20.7. The van der Waals surface area contributed by atoms with Crippen LogP contribution in [0.4, 0.5) is 0 Å². The molecule has 30 heavy (non-hydrogen) atoms. The summed E-state index contributed by atoms with van der Waals surface area (Å²) in [5.41, 5.74) is 2.78. The van der Waals surface area contributed by atoms with Gasteiger partial charge in [0.1, 0.15) is 0 Å². The van der Waals surface area contributed by atoms with Gasteiger partial charge in [-0.25, -0.2) is 0 Å². The summed E-state index contributed by atoms with van der Waals surface area (Å²) in [4.78, 5) is 0. The number of fused-ring (bicyclic) bond motifs is 5. The first kappa shape index (κ1) is 22.5. The minimum atomic E-state index is -0.0581. The number of hydrogen-bond donors (Lipinski definition) is 1. The normalized spacial score (nSPS) is 44.3. The molecule has 0 aromatic rings. The van der Waals surface area contributed by atoms with E-state index in [4.69, 9.17) is 0 Å². The van der Waals surface area contributed by atoms with Crippen molar-refractivity contribution in [2.75, 3.05) is 0 Å². The SMILES string of the molecule is CC(C)C(C)(C)C#C[C@@H](C)[C@H]1CC[C@H]2C3=CC[C@H]4C[C@@H](O)CC[C@]4(C)[C@H]3CC[C@]12C. The van der Waals surface area contributed by atoms with Crippen LogP contribution < -0.4 is 0 Å². The summed E-state index contributed by atoms with van der Waals surface area (Å²) in [5, 5.41) is 10.3. The fraction of sp³-hybridized carbons (Fsp3) is 0.862. The highest BCUT2D eigenvalue weighted by Gasteiger charge is 2.58. The fourth-order valence-electron chi connectivity index (χ4n) is 7.90. The molecule has 0 aromatic heterocycles. The van der Waals surface area contributed by atoms with Crippen LogP contribution >= 0.6 is 0 Å². The molecule has 0 heterocycles. The van der Waals surface area contributed by atoms with Crippen LogP contribution in [0.1, 0.15) is 99.8 Å². The Morgan fingerprint density at radius 3 is 2.37 bits per heavy atom. The maximum atomic E-state index is 10.3. The van der Waals surface area contributed by atoms with Gasteiger partial charge in [-0.05, 0) is 106 Å². The molecule has 3 fully saturated rings. The molecule has 8 atom stereocenters. The van der Waals surface area contributed by atoms with E-state index >= 15 is 0 Å². The molecule has 0 bridgehead atoms. The second-order valence-electron chi connectivity index (χ2n) is 12.8. The number of allylic oxidation sites excluding steroid dienone is 2. The van der Waals surface area contributed by atoms with Gasteiger partial charge in [0.15, 0.2) is 0 Å². The van der Waals surface area contributed by atoms with Crippen LogP contribution in [0.2, 0.25) is 0 Å². The lowest BCUT2D eigenvalue weighted by atomic mass is 9.47. The summed E-state index contributed by atoms with van der Waals surface area (Å²) >= 11 is 0. The smallest absolute Gasteiger partial charge is 0.0543 e. The van der Waals surface area contributed by atoms with Gasteiger partial charge in [0.25, 0.3) is 0 Å². The van der Waals surface area contributed by atoms with Gasteiger partial charge in [0, 0.05) is 11.3 Å². The molecule has 1 heteroatoms. The zero-order valence-corrected chi connectivity index (χ0v) is 20.7. The van der Waals surface area contributed by atoms with Crippen molar-refractivity contribution < 1.29 is 5.11 Å². The fourth-order valence-corrected chi connectivity index (χ4v) is 7.90. The van der Waals surface area contributed by atoms with E-state index in [0.717, 1.165) is 30.6 Å². The third-order valence-corrected chi connectivity index (χ3v) is 10.8. The lowest BCUT2D eigenvalue weighted by Gasteiger charge is -2.57. The van der Waals surface area contributed by atoms with Crippen LogP contribution in [-0.4, -0.2) is 11.2 Å². The van der Waals surface area contributed by atoms with Crippen molar-refractivity contribution in [3.8, 4) is 11.8 Å². The van der Waals surface area contributed by atoms with E-state index in [9.17, 15) is 5.11 Å². The first-order valence-electron chi connectivity index (χ1n) is 12.9. The molecule has 0 saturated heterocycles. The van der Waals surface area contributed by atoms with E-state index < -0.39 is 0 Å². The Bertz CT molecular complexity index is 748. The van der Waals surface area contributed by atoms with Gasteiger partial charge in [0.2, 0.25) is 0 Å². The van der Waals surface area contributed by atoms with Crippen molar-refractivity contribution in [2.45, 2.75) is 106 Å². The van der Waals surface area contributed by atoms with Gasteiger partial charge >= 0.3 is 0 Å². The Balaban J connectivity index is 1.56. The Morgan fingerprint density at radius 2 is 1.67 bits per heavy atom. The standard InChI is InChI=1S/C29H46O/c1-19(2)27(4,5)15-12-20(3)24-10-11-25-23-9-8-21-18-22(30)13-16-28(21,6)26(23)14-17-29(24,25)7/h9,19-22,24-26,30H,8,10-11,13-14,16-18H2,1-7H3/t20-,21+,22+,24-,25+,26+,28+,29-/m1/s1. The van der Waals surface area contributed by atoms with Gasteiger partial charge in [-0.15, -0.1) is 0 Å². The van der Waals surface area contributed by atoms with E-state index in [1.165, 1.54) is 38.5 Å². The lowest BCUT2D eigenvalue weighted by Crippen LogP contribution is -2.49. The van der Waals surface area contributed by atoms with Crippen LogP contribution in [-0.2, 0) is 0 Å². The molecule has 4 aliphatic carbocycles. The Hall–Kier alpha value is -0.740. The predicted molar refractivity (Wildman–Crippen MR) is 127 cm³/mol. The zero-order chi connectivity index (χ0) is 21.9. The molecule has 0 aromatic carbocycles. The maximum Gasteiger partial charge on any atom is 0.0543 e. The molecular weight excluding hydrogens is 364 g/mol. The van der Waals surface area contributed by atoms with E-state index in [1.54, 1.807) is 0 Å². The molecule has 0 aliphatic heterocycles. The van der Waals surface area contributed by atoms with Crippen molar-refractivity contribution in [3.05, 3.63) is 11.6 Å². The topological polar surface area (TPSA) is 20.2 Å². The second kappa shape index (κ2) is 7.69. The number of rotatable bonds is 2. The maximum absolute atomic E-state index is 10.3. The van der Waals surface area contributed by atoms with Crippen LogP contribution in [0.5, 0.6) is 0 Å². The van der Waals surface area contributed by atoms with E-state index in [0.29, 0.717) is 28.6 Å². The summed E-state index contributed by atoms with van der Waals surface area (Å²) < 4.78 is 0. The van der Waals surface area contributed by atoms with E-state index in [1.807, 2.05) is 5.57 Å². The molecule has 4 aliphatic rings. The van der Waals surface area contributed by atoms with Crippen LogP contribution in [0.15, 0.2) is 11.6 Å². The molecule has 0 unspecified atom stereocenters. The summed E-state index contributed by atoms with van der Waals surface area (Å²) in [6, 6.07) is 0. The van der Waals surface area contributed by atoms with Crippen molar-refractivity contribution in [3.63, 3.8) is 0 Å². The summed E-state index contributed by atoms with van der Waals surface area (Å²) in [5.74, 6) is 11.5. The molecule has 3 saturated carbocycles. The monoisotopic (exact) mass is 410 g/mol. The second-order valence-corrected chi connectivity index (χ2v) is 12.8. The van der Waals surface area contributed by atoms with Crippen LogP contribution in [0, 0.1) is 63.6 Å². The lowest BCUT2D eigenvalue weighted by molar-refractivity contribution is -0.0412. The number of hydrogen-bond acceptors (Lipinski definition) is 1. The predicted octanol–water partition coefficient (Wildman–Crippen LogP) is 7.25. The van der Waals surface area contributed by atoms with Gasteiger partial charge in [0.05, 0.1) is 6.10 Å². The summed E-state index contributed by atoms with van der Waals surface area (Å²) in [6.45, 7) is 16.8. The van der Waals surface area contributed by atoms with Gasteiger partial charge in [-0.1, -0.05) is 58.1 Å². The Kier molecular flexibility index (Phi) is 5.76. The van der Waals surface area contributed by atoms with Crippen molar-refractivity contribution in [1.82, 2.24) is 0 Å². The highest BCUT2D eigenvalue weighted by molar-refractivity contribution is 5.28. The average Bonchev–Trinajstić information content (AvgIpc) is 3.04. The summed E-state index contributed by atoms with van der Waals surface area (Å²) in [7, 11) is 0. The highest BCUT2D eigenvalue weighted by atomic mass is 16.3. The average molecular weight is 411 g/mol. The molecule has 168 valence electrons. The molecule has 1 nitrogen and oxygen atoms in total. The van der Waals surface area contributed by atoms with Crippen molar-refractivity contribution >= 4 is 0 Å². The van der Waals surface area contributed by atoms with Crippen LogP contribution in [0.3, 0.4) is 0 Å². The molecule has 0 radical (unpaired) electrons. The van der Waals surface area contributed by atoms with Crippen molar-refractivity contribution in [2.24, 2.45) is 51.8 Å². The highest BCUT2D eigenvalue weighted by Crippen LogP contribution is 2.66. The molecule has 0 amide bonds. The first-order valence-corrected chi connectivity index (χ1v) is 12.9. The third-order valence-electron chi connectivity index (χ3n) is 10.8. The number of aliphatic hydroxyl groups excluding tert-OH is 1. The molecule has 1 N–H and O–H groups in total. The van der Waals surface area contributed by atoms with Gasteiger partial charge < -0.3 is 5.11 Å².